The Bertz CT molecular complexity index is 245. The highest BCUT2D eigenvalue weighted by Gasteiger charge is 2.31. The van der Waals surface area contributed by atoms with E-state index in [1.165, 1.54) is 19.3 Å². The van der Waals surface area contributed by atoms with Crippen molar-refractivity contribution in [3.8, 4) is 0 Å². The van der Waals surface area contributed by atoms with Gasteiger partial charge in [-0.25, -0.2) is 0 Å². The molecule has 3 N–H and O–H groups in total. The van der Waals surface area contributed by atoms with E-state index < -0.39 is 5.60 Å². The number of nitrogens with two attached hydrogens (primary N) is 1. The second-order valence-electron chi connectivity index (χ2n) is 6.64. The molecular formula is C14H28N2O. The van der Waals surface area contributed by atoms with Crippen LogP contribution < -0.4 is 5.73 Å². The van der Waals surface area contributed by atoms with Crippen LogP contribution in [0.1, 0.15) is 46.0 Å². The quantitative estimate of drug-likeness (QED) is 0.771. The number of hydrogen-bond acceptors (Lipinski definition) is 3. The average Bonchev–Trinajstić information content (AvgIpc) is 2.26. The Morgan fingerprint density at radius 1 is 1.29 bits per heavy atom. The maximum absolute atomic E-state index is 9.94. The molecule has 0 bridgehead atoms. The summed E-state index contributed by atoms with van der Waals surface area (Å²) in [7, 11) is 0. The van der Waals surface area contributed by atoms with Crippen molar-refractivity contribution in [1.82, 2.24) is 4.90 Å². The van der Waals surface area contributed by atoms with Crippen molar-refractivity contribution in [2.75, 3.05) is 19.6 Å². The highest BCUT2D eigenvalue weighted by atomic mass is 16.3. The van der Waals surface area contributed by atoms with Gasteiger partial charge in [0, 0.05) is 25.7 Å². The molecule has 17 heavy (non-hydrogen) atoms. The lowest BCUT2D eigenvalue weighted by Crippen LogP contribution is -2.48. The van der Waals surface area contributed by atoms with Crippen LogP contribution in [-0.2, 0) is 0 Å². The third-order valence-corrected chi connectivity index (χ3v) is 4.73. The standard InChI is InChI=1S/C14H28N2O/c1-11-3-4-13(15)12(9-11)10-16-7-5-14(2,17)6-8-16/h11-13,17H,3-10,15H2,1-2H3. The first kappa shape index (κ1) is 13.3. The van der Waals surface area contributed by atoms with Crippen molar-refractivity contribution in [2.45, 2.75) is 57.6 Å². The van der Waals surface area contributed by atoms with Gasteiger partial charge in [-0.05, 0) is 50.9 Å². The maximum atomic E-state index is 9.94. The zero-order valence-corrected chi connectivity index (χ0v) is 11.4. The number of nitrogens with zero attached hydrogens (tertiary/aromatic N) is 1. The fourth-order valence-corrected chi connectivity index (χ4v) is 3.28. The Morgan fingerprint density at radius 3 is 2.59 bits per heavy atom. The SMILES string of the molecule is CC1CCC(N)C(CN2CCC(C)(O)CC2)C1. The molecule has 1 aliphatic heterocycles. The minimum atomic E-state index is -0.432. The van der Waals surface area contributed by atoms with Gasteiger partial charge in [0.2, 0.25) is 0 Å². The normalized spacial score (nSPS) is 39.2. The second kappa shape index (κ2) is 5.25. The Labute approximate surface area is 105 Å². The van der Waals surface area contributed by atoms with Gasteiger partial charge in [0.05, 0.1) is 5.60 Å². The maximum Gasteiger partial charge on any atom is 0.0644 e. The van der Waals surface area contributed by atoms with E-state index in [2.05, 4.69) is 11.8 Å². The molecular weight excluding hydrogens is 212 g/mol. The van der Waals surface area contributed by atoms with Gasteiger partial charge in [0.1, 0.15) is 0 Å². The van der Waals surface area contributed by atoms with E-state index in [0.717, 1.165) is 38.4 Å². The van der Waals surface area contributed by atoms with Crippen LogP contribution in [0.25, 0.3) is 0 Å². The van der Waals surface area contributed by atoms with Crippen molar-refractivity contribution < 1.29 is 5.11 Å². The predicted molar refractivity (Wildman–Crippen MR) is 70.8 cm³/mol. The van der Waals surface area contributed by atoms with Crippen molar-refractivity contribution in [2.24, 2.45) is 17.6 Å². The van der Waals surface area contributed by atoms with E-state index in [1.807, 2.05) is 6.92 Å². The summed E-state index contributed by atoms with van der Waals surface area (Å²) < 4.78 is 0. The fourth-order valence-electron chi connectivity index (χ4n) is 3.28. The van der Waals surface area contributed by atoms with E-state index >= 15 is 0 Å². The number of hydrogen-bond donors (Lipinski definition) is 2. The predicted octanol–water partition coefficient (Wildman–Crippen LogP) is 1.60. The summed E-state index contributed by atoms with van der Waals surface area (Å²) in [6, 6.07) is 0.397. The van der Waals surface area contributed by atoms with Gasteiger partial charge < -0.3 is 15.7 Å². The van der Waals surface area contributed by atoms with E-state index in [-0.39, 0.29) is 0 Å². The molecule has 0 aromatic carbocycles. The van der Waals surface area contributed by atoms with Crippen LogP contribution in [0.3, 0.4) is 0 Å². The molecule has 2 aliphatic rings. The van der Waals surface area contributed by atoms with E-state index in [9.17, 15) is 5.11 Å². The summed E-state index contributed by atoms with van der Waals surface area (Å²) in [4.78, 5) is 2.50. The van der Waals surface area contributed by atoms with Crippen molar-refractivity contribution >= 4 is 0 Å². The first-order valence-electron chi connectivity index (χ1n) is 7.16. The minimum Gasteiger partial charge on any atom is -0.390 e. The van der Waals surface area contributed by atoms with Crippen molar-refractivity contribution in [1.29, 1.82) is 0 Å². The zero-order valence-electron chi connectivity index (χ0n) is 11.4. The molecule has 0 aromatic rings. The highest BCUT2D eigenvalue weighted by molar-refractivity contribution is 4.87. The Kier molecular flexibility index (Phi) is 4.11. The summed E-state index contributed by atoms with van der Waals surface area (Å²) in [6.07, 6.45) is 5.59. The summed E-state index contributed by atoms with van der Waals surface area (Å²) >= 11 is 0. The van der Waals surface area contributed by atoms with Crippen LogP contribution in [0, 0.1) is 11.8 Å². The molecule has 100 valence electrons. The van der Waals surface area contributed by atoms with Gasteiger partial charge in [0.25, 0.3) is 0 Å². The third kappa shape index (κ3) is 3.67. The van der Waals surface area contributed by atoms with Gasteiger partial charge in [-0.1, -0.05) is 6.92 Å². The highest BCUT2D eigenvalue weighted by Crippen LogP contribution is 2.30. The largest absolute Gasteiger partial charge is 0.390 e. The molecule has 1 heterocycles. The van der Waals surface area contributed by atoms with Crippen molar-refractivity contribution in [3.05, 3.63) is 0 Å². The molecule has 3 heteroatoms. The number of piperidine rings is 1. The molecule has 0 spiro atoms. The summed E-state index contributed by atoms with van der Waals surface area (Å²) in [6.45, 7) is 7.51. The van der Waals surface area contributed by atoms with Crippen LogP contribution in [0.15, 0.2) is 0 Å². The van der Waals surface area contributed by atoms with E-state index in [0.29, 0.717) is 12.0 Å². The topological polar surface area (TPSA) is 49.5 Å². The van der Waals surface area contributed by atoms with Crippen LogP contribution in [-0.4, -0.2) is 41.3 Å². The Hall–Kier alpha value is -0.120. The van der Waals surface area contributed by atoms with Crippen molar-refractivity contribution in [3.63, 3.8) is 0 Å². The van der Waals surface area contributed by atoms with Gasteiger partial charge in [-0.2, -0.15) is 0 Å². The van der Waals surface area contributed by atoms with Crippen LogP contribution in [0.2, 0.25) is 0 Å². The monoisotopic (exact) mass is 240 g/mol. The number of likely N-dealkylation sites (tertiary alicyclic amines) is 1. The molecule has 1 saturated heterocycles. The zero-order chi connectivity index (χ0) is 12.5. The van der Waals surface area contributed by atoms with Gasteiger partial charge >= 0.3 is 0 Å². The molecule has 1 saturated carbocycles. The fraction of sp³-hybridized carbons (Fsp3) is 1.00. The first-order chi connectivity index (χ1) is 7.96. The second-order valence-corrected chi connectivity index (χ2v) is 6.64. The molecule has 3 nitrogen and oxygen atoms in total. The van der Waals surface area contributed by atoms with Gasteiger partial charge in [-0.15, -0.1) is 0 Å². The van der Waals surface area contributed by atoms with Gasteiger partial charge in [-0.3, -0.25) is 0 Å². The van der Waals surface area contributed by atoms with Crippen LogP contribution in [0.5, 0.6) is 0 Å². The molecule has 0 radical (unpaired) electrons. The molecule has 2 rings (SSSR count). The Balaban J connectivity index is 1.80. The molecule has 0 aromatic heterocycles. The molecule has 1 aliphatic carbocycles. The lowest BCUT2D eigenvalue weighted by molar-refractivity contribution is -0.0116. The molecule has 0 amide bonds. The summed E-state index contributed by atoms with van der Waals surface area (Å²) in [5.74, 6) is 1.51. The smallest absolute Gasteiger partial charge is 0.0644 e. The summed E-state index contributed by atoms with van der Waals surface area (Å²) in [5, 5.41) is 9.94. The third-order valence-electron chi connectivity index (χ3n) is 4.73. The molecule has 2 fully saturated rings. The first-order valence-corrected chi connectivity index (χ1v) is 7.16. The lowest BCUT2D eigenvalue weighted by Gasteiger charge is -2.40. The summed E-state index contributed by atoms with van der Waals surface area (Å²) in [5.41, 5.74) is 5.80. The number of rotatable bonds is 2. The van der Waals surface area contributed by atoms with E-state index in [1.54, 1.807) is 0 Å². The average molecular weight is 240 g/mol. The van der Waals surface area contributed by atoms with Crippen LogP contribution >= 0.6 is 0 Å². The number of aliphatic hydroxyl groups is 1. The molecule has 3 unspecified atom stereocenters. The van der Waals surface area contributed by atoms with E-state index in [4.69, 9.17) is 5.73 Å². The Morgan fingerprint density at radius 2 is 1.94 bits per heavy atom. The van der Waals surface area contributed by atoms with Gasteiger partial charge in [0.15, 0.2) is 0 Å². The molecule has 3 atom stereocenters. The van der Waals surface area contributed by atoms with Crippen LogP contribution in [0.4, 0.5) is 0 Å². The lowest BCUT2D eigenvalue weighted by atomic mass is 9.78. The minimum absolute atomic E-state index is 0.397.